The summed E-state index contributed by atoms with van der Waals surface area (Å²) in [7, 11) is 1.66. The van der Waals surface area contributed by atoms with E-state index in [1.807, 2.05) is 47.8 Å². The molecule has 0 aliphatic carbocycles. The average molecular weight is 401 g/mol. The topological polar surface area (TPSA) is 41.6 Å². The molecule has 0 aliphatic heterocycles. The van der Waals surface area contributed by atoms with Crippen molar-refractivity contribution >= 4 is 34.5 Å². The summed E-state index contributed by atoms with van der Waals surface area (Å²) in [6.45, 7) is 1.55. The van der Waals surface area contributed by atoms with Crippen molar-refractivity contribution in [1.29, 1.82) is 0 Å². The Labute approximate surface area is 168 Å². The predicted molar refractivity (Wildman–Crippen MR) is 112 cm³/mol. The van der Waals surface area contributed by atoms with Crippen LogP contribution in [0.25, 0.3) is 0 Å². The molecule has 6 heteroatoms. The number of rotatable bonds is 8. The van der Waals surface area contributed by atoms with Gasteiger partial charge in [0.05, 0.1) is 24.4 Å². The van der Waals surface area contributed by atoms with Gasteiger partial charge in [0, 0.05) is 23.5 Å². The van der Waals surface area contributed by atoms with Gasteiger partial charge in [-0.25, -0.2) is 0 Å². The molecule has 0 unspecified atom stereocenters. The van der Waals surface area contributed by atoms with E-state index in [1.165, 1.54) is 4.88 Å². The van der Waals surface area contributed by atoms with E-state index in [2.05, 4.69) is 16.3 Å². The lowest BCUT2D eigenvalue weighted by Gasteiger charge is -2.22. The van der Waals surface area contributed by atoms with Crippen molar-refractivity contribution in [3.8, 4) is 5.75 Å². The third-order valence-electron chi connectivity index (χ3n) is 4.06. The Kier molecular flexibility index (Phi) is 6.87. The number of para-hydroxylation sites is 2. The Morgan fingerprint density at radius 3 is 2.59 bits per heavy atom. The summed E-state index contributed by atoms with van der Waals surface area (Å²) >= 11 is 7.83. The van der Waals surface area contributed by atoms with Gasteiger partial charge in [0.25, 0.3) is 0 Å². The van der Waals surface area contributed by atoms with Gasteiger partial charge in [0.2, 0.25) is 5.91 Å². The van der Waals surface area contributed by atoms with Crippen LogP contribution in [0.3, 0.4) is 0 Å². The third kappa shape index (κ3) is 5.57. The maximum Gasteiger partial charge on any atom is 0.238 e. The first kappa shape index (κ1) is 19.4. The second-order valence-corrected chi connectivity index (χ2v) is 7.50. The van der Waals surface area contributed by atoms with Gasteiger partial charge in [-0.3, -0.25) is 9.69 Å². The minimum absolute atomic E-state index is 0.102. The number of carbonyl (C=O) groups is 1. The van der Waals surface area contributed by atoms with Crippen LogP contribution in [0.2, 0.25) is 5.02 Å². The van der Waals surface area contributed by atoms with Crippen LogP contribution in [-0.4, -0.2) is 24.5 Å². The summed E-state index contributed by atoms with van der Waals surface area (Å²) in [4.78, 5) is 15.9. The highest BCUT2D eigenvalue weighted by atomic mass is 35.5. The molecule has 4 nitrogen and oxygen atoms in total. The number of thiophene rings is 1. The number of anilines is 1. The molecular weight excluding hydrogens is 380 g/mol. The number of hydrogen-bond donors (Lipinski definition) is 1. The number of benzene rings is 2. The Bertz CT molecular complexity index is 883. The first-order valence-corrected chi connectivity index (χ1v) is 9.82. The van der Waals surface area contributed by atoms with Gasteiger partial charge < -0.3 is 10.1 Å². The number of ether oxygens (including phenoxy) is 1. The van der Waals surface area contributed by atoms with Crippen LogP contribution in [0.15, 0.2) is 66.0 Å². The van der Waals surface area contributed by atoms with Gasteiger partial charge in [0.15, 0.2) is 0 Å². The Morgan fingerprint density at radius 2 is 1.85 bits per heavy atom. The van der Waals surface area contributed by atoms with E-state index in [0.717, 1.165) is 11.3 Å². The van der Waals surface area contributed by atoms with Gasteiger partial charge in [-0.2, -0.15) is 0 Å². The highest BCUT2D eigenvalue weighted by Crippen LogP contribution is 2.23. The molecule has 0 spiro atoms. The minimum Gasteiger partial charge on any atom is -0.496 e. The molecule has 1 N–H and O–H groups in total. The van der Waals surface area contributed by atoms with Crippen LogP contribution in [0.5, 0.6) is 5.75 Å². The van der Waals surface area contributed by atoms with E-state index in [-0.39, 0.29) is 12.5 Å². The Morgan fingerprint density at radius 1 is 1.07 bits per heavy atom. The number of carbonyl (C=O) groups excluding carboxylic acids is 1. The van der Waals surface area contributed by atoms with Crippen molar-refractivity contribution in [2.75, 3.05) is 19.0 Å². The number of methoxy groups -OCH3 is 1. The van der Waals surface area contributed by atoms with Crippen LogP contribution in [0.1, 0.15) is 10.4 Å². The molecule has 0 atom stereocenters. The molecule has 1 aromatic heterocycles. The number of nitrogens with one attached hydrogen (secondary N) is 1. The van der Waals surface area contributed by atoms with Crippen LogP contribution >= 0.6 is 22.9 Å². The van der Waals surface area contributed by atoms with Crippen LogP contribution in [0.4, 0.5) is 5.69 Å². The highest BCUT2D eigenvalue weighted by Gasteiger charge is 2.15. The zero-order valence-corrected chi connectivity index (χ0v) is 16.6. The van der Waals surface area contributed by atoms with Crippen molar-refractivity contribution in [1.82, 2.24) is 4.90 Å². The fourth-order valence-electron chi connectivity index (χ4n) is 2.82. The quantitative estimate of drug-likeness (QED) is 0.575. The fourth-order valence-corrected chi connectivity index (χ4v) is 3.75. The molecule has 0 saturated heterocycles. The van der Waals surface area contributed by atoms with E-state index >= 15 is 0 Å². The lowest BCUT2D eigenvalue weighted by atomic mass is 10.2. The molecule has 3 rings (SSSR count). The van der Waals surface area contributed by atoms with Gasteiger partial charge >= 0.3 is 0 Å². The summed E-state index contributed by atoms with van der Waals surface area (Å²) in [5, 5.41) is 5.46. The molecule has 1 heterocycles. The van der Waals surface area contributed by atoms with E-state index in [4.69, 9.17) is 16.3 Å². The second kappa shape index (κ2) is 9.55. The first-order valence-electron chi connectivity index (χ1n) is 8.56. The Hall–Kier alpha value is -2.34. The summed E-state index contributed by atoms with van der Waals surface area (Å²) < 4.78 is 5.46. The highest BCUT2D eigenvalue weighted by molar-refractivity contribution is 7.09. The molecule has 0 bridgehead atoms. The summed E-state index contributed by atoms with van der Waals surface area (Å²) in [6.07, 6.45) is 0. The fraction of sp³-hybridized carbons (Fsp3) is 0.190. The van der Waals surface area contributed by atoms with Gasteiger partial charge in [-0.05, 0) is 29.6 Å². The minimum atomic E-state index is -0.102. The zero-order valence-electron chi connectivity index (χ0n) is 15.0. The molecule has 140 valence electrons. The monoisotopic (exact) mass is 400 g/mol. The van der Waals surface area contributed by atoms with E-state index < -0.39 is 0 Å². The van der Waals surface area contributed by atoms with Crippen molar-refractivity contribution in [2.45, 2.75) is 13.1 Å². The molecule has 0 aliphatic rings. The molecule has 3 aromatic rings. The third-order valence-corrected chi connectivity index (χ3v) is 5.25. The van der Waals surface area contributed by atoms with Crippen molar-refractivity contribution in [3.05, 3.63) is 81.5 Å². The summed E-state index contributed by atoms with van der Waals surface area (Å²) in [5.74, 6) is 0.717. The number of amides is 1. The maximum atomic E-state index is 12.6. The molecule has 0 radical (unpaired) electrons. The number of halogens is 1. The number of nitrogens with zero attached hydrogens (tertiary/aromatic N) is 1. The lowest BCUT2D eigenvalue weighted by Crippen LogP contribution is -2.32. The van der Waals surface area contributed by atoms with Crippen molar-refractivity contribution in [2.24, 2.45) is 0 Å². The van der Waals surface area contributed by atoms with Crippen molar-refractivity contribution in [3.63, 3.8) is 0 Å². The molecule has 27 heavy (non-hydrogen) atoms. The normalized spacial score (nSPS) is 10.8. The largest absolute Gasteiger partial charge is 0.496 e. The van der Waals surface area contributed by atoms with Gasteiger partial charge in [0.1, 0.15) is 5.75 Å². The summed E-state index contributed by atoms with van der Waals surface area (Å²) in [5.41, 5.74) is 1.67. The van der Waals surface area contributed by atoms with Gasteiger partial charge in [-0.15, -0.1) is 11.3 Å². The molecule has 0 saturated carbocycles. The molecule has 1 amide bonds. The van der Waals surface area contributed by atoms with Gasteiger partial charge in [-0.1, -0.05) is 48.0 Å². The average Bonchev–Trinajstić information content (AvgIpc) is 3.17. The molecule has 0 fully saturated rings. The zero-order chi connectivity index (χ0) is 19.1. The molecular formula is C21H21ClN2O2S. The van der Waals surface area contributed by atoms with E-state index in [0.29, 0.717) is 23.8 Å². The van der Waals surface area contributed by atoms with E-state index in [9.17, 15) is 4.79 Å². The maximum absolute atomic E-state index is 12.6. The lowest BCUT2D eigenvalue weighted by molar-refractivity contribution is -0.117. The number of hydrogen-bond acceptors (Lipinski definition) is 4. The SMILES string of the molecule is COc1ccccc1CN(CC(=O)Nc1ccccc1Cl)Cc1cccs1. The standard InChI is InChI=1S/C21H21ClN2O2S/c1-26-20-11-5-2-7-16(20)13-24(14-17-8-6-12-27-17)15-21(25)23-19-10-4-3-9-18(19)22/h2-12H,13-15H2,1H3,(H,23,25). The van der Waals surface area contributed by atoms with Crippen LogP contribution < -0.4 is 10.1 Å². The van der Waals surface area contributed by atoms with Crippen LogP contribution in [-0.2, 0) is 17.9 Å². The van der Waals surface area contributed by atoms with E-state index in [1.54, 1.807) is 30.6 Å². The Balaban J connectivity index is 1.73. The molecule has 2 aromatic carbocycles. The second-order valence-electron chi connectivity index (χ2n) is 6.06. The summed E-state index contributed by atoms with van der Waals surface area (Å²) in [6, 6.07) is 19.2. The smallest absolute Gasteiger partial charge is 0.238 e. The van der Waals surface area contributed by atoms with Crippen molar-refractivity contribution < 1.29 is 9.53 Å². The van der Waals surface area contributed by atoms with Crippen LogP contribution in [0, 0.1) is 0 Å². The first-order chi connectivity index (χ1) is 13.2. The predicted octanol–water partition coefficient (Wildman–Crippen LogP) is 5.05.